The van der Waals surface area contributed by atoms with Gasteiger partial charge in [-0.1, -0.05) is 0 Å². The predicted octanol–water partition coefficient (Wildman–Crippen LogP) is 1.13. The second kappa shape index (κ2) is 5.34. The highest BCUT2D eigenvalue weighted by Crippen LogP contribution is 1.62. The summed E-state index contributed by atoms with van der Waals surface area (Å²) in [5, 5.41) is 0. The molecule has 0 N–H and O–H groups in total. The molecule has 0 aliphatic rings. The van der Waals surface area contributed by atoms with Crippen LogP contribution in [0.4, 0.5) is 0 Å². The molecule has 0 aliphatic carbocycles. The number of hydrogen-bond donors (Lipinski definition) is 0. The molecule has 0 aromatic heterocycles. The molecule has 0 amide bonds. The van der Waals surface area contributed by atoms with Crippen molar-refractivity contribution in [2.75, 3.05) is 6.54 Å². The smallest absolute Gasteiger partial charge is 0.109 e. The quantitative estimate of drug-likeness (QED) is 0.365. The van der Waals surface area contributed by atoms with E-state index in [0.717, 1.165) is 6.54 Å². The van der Waals surface area contributed by atoms with Crippen LogP contribution < -0.4 is 0 Å². The van der Waals surface area contributed by atoms with Crippen molar-refractivity contribution in [1.29, 1.82) is 0 Å². The zero-order valence-electron chi connectivity index (χ0n) is 4.76. The van der Waals surface area contributed by atoms with Gasteiger partial charge in [0, 0.05) is 12.8 Å². The van der Waals surface area contributed by atoms with Gasteiger partial charge in [-0.3, -0.25) is 4.99 Å². The zero-order valence-corrected chi connectivity index (χ0v) is 4.76. The van der Waals surface area contributed by atoms with Crippen molar-refractivity contribution in [2.24, 2.45) is 9.98 Å². The van der Waals surface area contributed by atoms with Gasteiger partial charge in [-0.05, 0) is 13.8 Å². The van der Waals surface area contributed by atoms with Crippen molar-refractivity contribution in [2.45, 2.75) is 13.8 Å². The van der Waals surface area contributed by atoms with E-state index in [1.165, 1.54) is 0 Å². The maximum Gasteiger partial charge on any atom is 0.109 e. The van der Waals surface area contributed by atoms with Crippen LogP contribution in [0.1, 0.15) is 13.8 Å². The van der Waals surface area contributed by atoms with Gasteiger partial charge in [-0.2, -0.15) is 0 Å². The molecule has 2 heteroatoms. The van der Waals surface area contributed by atoms with Crippen LogP contribution in [0.15, 0.2) is 9.98 Å². The van der Waals surface area contributed by atoms with Gasteiger partial charge in [0.2, 0.25) is 0 Å². The molecular formula is C5H10N2. The van der Waals surface area contributed by atoms with Crippen molar-refractivity contribution in [3.8, 4) is 0 Å². The summed E-state index contributed by atoms with van der Waals surface area (Å²) >= 11 is 0. The summed E-state index contributed by atoms with van der Waals surface area (Å²) in [5.74, 6) is 0. The fraction of sp³-hybridized carbons (Fsp3) is 0.600. The molecule has 0 aromatic carbocycles. The van der Waals surface area contributed by atoms with Crippen LogP contribution in [0.25, 0.3) is 0 Å². The van der Waals surface area contributed by atoms with Gasteiger partial charge < -0.3 is 0 Å². The van der Waals surface area contributed by atoms with E-state index in [9.17, 15) is 0 Å². The van der Waals surface area contributed by atoms with Crippen LogP contribution in [0.5, 0.6) is 0 Å². The Balaban J connectivity index is 3.09. The first-order valence-electron chi connectivity index (χ1n) is 2.38. The van der Waals surface area contributed by atoms with E-state index in [0.29, 0.717) is 0 Å². The van der Waals surface area contributed by atoms with Crippen molar-refractivity contribution in [3.05, 3.63) is 0 Å². The molecule has 0 unspecified atom stereocenters. The minimum absolute atomic E-state index is 0.817. The summed E-state index contributed by atoms with van der Waals surface area (Å²) in [6, 6.07) is 0. The highest BCUT2D eigenvalue weighted by atomic mass is 14.8. The maximum absolute atomic E-state index is 3.84. The molecule has 40 valence electrons. The Morgan fingerprint density at radius 3 is 2.71 bits per heavy atom. The molecule has 0 atom stereocenters. The summed E-state index contributed by atoms with van der Waals surface area (Å²) in [6.45, 7) is 4.65. The lowest BCUT2D eigenvalue weighted by atomic mass is 10.8. The average molecular weight is 98.1 g/mol. The lowest BCUT2D eigenvalue weighted by molar-refractivity contribution is 1.14. The van der Waals surface area contributed by atoms with Gasteiger partial charge in [0.25, 0.3) is 0 Å². The summed E-state index contributed by atoms with van der Waals surface area (Å²) < 4.78 is 0. The Kier molecular flexibility index (Phi) is 4.84. The SMILES string of the molecule is C/C=N/C=N\CC. The van der Waals surface area contributed by atoms with Gasteiger partial charge in [0.15, 0.2) is 0 Å². The molecule has 0 rings (SSSR count). The molecule has 0 radical (unpaired) electrons. The Hall–Kier alpha value is -0.660. The molecule has 0 bridgehead atoms. The Morgan fingerprint density at radius 1 is 1.57 bits per heavy atom. The normalized spacial score (nSPS) is 11.7. The largest absolute Gasteiger partial charge is 0.274 e. The second-order valence-electron chi connectivity index (χ2n) is 1.02. The van der Waals surface area contributed by atoms with Gasteiger partial charge in [-0.25, -0.2) is 4.99 Å². The van der Waals surface area contributed by atoms with Gasteiger partial charge in [0.05, 0.1) is 0 Å². The maximum atomic E-state index is 3.84. The molecule has 0 saturated heterocycles. The van der Waals surface area contributed by atoms with Gasteiger partial charge in [-0.15, -0.1) is 0 Å². The molecular weight excluding hydrogens is 88.1 g/mol. The first-order chi connectivity index (χ1) is 3.41. The fourth-order valence-electron chi connectivity index (χ4n) is 0.195. The minimum atomic E-state index is 0.817. The van der Waals surface area contributed by atoms with E-state index in [-0.39, 0.29) is 0 Å². The topological polar surface area (TPSA) is 24.7 Å². The van der Waals surface area contributed by atoms with E-state index in [4.69, 9.17) is 0 Å². The van der Waals surface area contributed by atoms with Gasteiger partial charge >= 0.3 is 0 Å². The van der Waals surface area contributed by atoms with E-state index in [1.54, 1.807) is 12.6 Å². The van der Waals surface area contributed by atoms with Gasteiger partial charge in [0.1, 0.15) is 6.34 Å². The van der Waals surface area contributed by atoms with Crippen molar-refractivity contribution >= 4 is 12.6 Å². The fourth-order valence-corrected chi connectivity index (χ4v) is 0.195. The molecule has 0 saturated carbocycles. The van der Waals surface area contributed by atoms with Crippen LogP contribution in [-0.4, -0.2) is 19.1 Å². The number of hydrogen-bond acceptors (Lipinski definition) is 1. The van der Waals surface area contributed by atoms with E-state index in [1.807, 2.05) is 13.8 Å². The summed E-state index contributed by atoms with van der Waals surface area (Å²) in [4.78, 5) is 7.58. The summed E-state index contributed by atoms with van der Waals surface area (Å²) in [6.07, 6.45) is 3.26. The first-order valence-corrected chi connectivity index (χ1v) is 2.38. The molecule has 2 nitrogen and oxygen atoms in total. The average Bonchev–Trinajstić information content (AvgIpc) is 1.69. The third kappa shape index (κ3) is 5.34. The Bertz CT molecular complexity index is 74.1. The van der Waals surface area contributed by atoms with Crippen molar-refractivity contribution < 1.29 is 0 Å². The molecule has 0 aliphatic heterocycles. The zero-order chi connectivity index (χ0) is 5.54. The lowest BCUT2D eigenvalue weighted by Crippen LogP contribution is -1.68. The van der Waals surface area contributed by atoms with E-state index in [2.05, 4.69) is 9.98 Å². The monoisotopic (exact) mass is 98.1 g/mol. The molecule has 0 heterocycles. The third-order valence-electron chi connectivity index (χ3n) is 0.480. The van der Waals surface area contributed by atoms with Crippen LogP contribution >= 0.6 is 0 Å². The predicted molar refractivity (Wildman–Crippen MR) is 33.2 cm³/mol. The standard InChI is InChI=1S/C5H10N2/c1-3-6-5-7-4-2/h3,5H,4H2,1-2H3/b6-3+,7-5-. The van der Waals surface area contributed by atoms with Crippen LogP contribution in [-0.2, 0) is 0 Å². The molecule has 0 fully saturated rings. The third-order valence-corrected chi connectivity index (χ3v) is 0.480. The minimum Gasteiger partial charge on any atom is -0.274 e. The highest BCUT2D eigenvalue weighted by Gasteiger charge is 1.57. The van der Waals surface area contributed by atoms with Crippen LogP contribution in [0.2, 0.25) is 0 Å². The van der Waals surface area contributed by atoms with Crippen LogP contribution in [0.3, 0.4) is 0 Å². The van der Waals surface area contributed by atoms with Crippen molar-refractivity contribution in [1.82, 2.24) is 0 Å². The Morgan fingerprint density at radius 2 is 2.29 bits per heavy atom. The summed E-state index contributed by atoms with van der Waals surface area (Å²) in [5.41, 5.74) is 0. The van der Waals surface area contributed by atoms with Crippen molar-refractivity contribution in [3.63, 3.8) is 0 Å². The highest BCUT2D eigenvalue weighted by molar-refractivity contribution is 5.70. The molecule has 0 aromatic rings. The van der Waals surface area contributed by atoms with E-state index < -0.39 is 0 Å². The molecule has 7 heavy (non-hydrogen) atoms. The summed E-state index contributed by atoms with van der Waals surface area (Å²) in [7, 11) is 0. The number of aliphatic imine (C=N–C) groups is 2. The molecule has 0 spiro atoms. The lowest BCUT2D eigenvalue weighted by Gasteiger charge is -1.72. The van der Waals surface area contributed by atoms with Crippen LogP contribution in [0, 0.1) is 0 Å². The Labute approximate surface area is 44.0 Å². The van der Waals surface area contributed by atoms with E-state index >= 15 is 0 Å². The number of nitrogens with zero attached hydrogens (tertiary/aromatic N) is 2. The number of rotatable bonds is 2. The second-order valence-corrected chi connectivity index (χ2v) is 1.02. The first kappa shape index (κ1) is 6.34.